The minimum atomic E-state index is -0.729. The Balaban J connectivity index is 2.05. The monoisotopic (exact) mass is 252 g/mol. The number of carbonyl (C=O) groups excluding carboxylic acids is 1. The predicted octanol–water partition coefficient (Wildman–Crippen LogP) is 1.33. The van der Waals surface area contributed by atoms with Crippen LogP contribution in [-0.2, 0) is 11.3 Å². The third-order valence-electron chi connectivity index (χ3n) is 2.86. The molecule has 0 heterocycles. The maximum atomic E-state index is 13.6. The first-order valence-corrected chi connectivity index (χ1v) is 6.06. The van der Waals surface area contributed by atoms with E-state index in [2.05, 4.69) is 5.32 Å². The fourth-order valence-electron chi connectivity index (χ4n) is 1.62. The van der Waals surface area contributed by atoms with Crippen LogP contribution < -0.4 is 15.8 Å². The second-order valence-corrected chi connectivity index (χ2v) is 4.48. The zero-order valence-corrected chi connectivity index (χ0v) is 10.3. The van der Waals surface area contributed by atoms with Gasteiger partial charge in [0.2, 0.25) is 0 Å². The molecule has 1 fully saturated rings. The summed E-state index contributed by atoms with van der Waals surface area (Å²) in [5.41, 5.74) is 6.07. The van der Waals surface area contributed by atoms with E-state index in [1.807, 2.05) is 0 Å². The molecule has 1 aliphatic carbocycles. The lowest BCUT2D eigenvalue weighted by atomic mass is 10.2. The molecule has 18 heavy (non-hydrogen) atoms. The molecule has 1 aromatic rings. The Morgan fingerprint density at radius 2 is 2.33 bits per heavy atom. The van der Waals surface area contributed by atoms with Crippen LogP contribution in [0.4, 0.5) is 4.39 Å². The molecule has 1 aromatic carbocycles. The van der Waals surface area contributed by atoms with Crippen molar-refractivity contribution in [1.82, 2.24) is 5.32 Å². The van der Waals surface area contributed by atoms with Crippen molar-refractivity contribution in [3.8, 4) is 5.75 Å². The molecule has 98 valence electrons. The first kappa shape index (κ1) is 12.8. The molecule has 0 radical (unpaired) electrons. The molecule has 0 spiro atoms. The smallest absolute Gasteiger partial charge is 0.260 e. The van der Waals surface area contributed by atoms with Crippen molar-refractivity contribution in [2.75, 3.05) is 0 Å². The lowest BCUT2D eigenvalue weighted by Gasteiger charge is -2.17. The van der Waals surface area contributed by atoms with Gasteiger partial charge < -0.3 is 15.8 Å². The molecule has 2 rings (SSSR count). The first-order valence-electron chi connectivity index (χ1n) is 6.06. The fourth-order valence-corrected chi connectivity index (χ4v) is 1.62. The molecule has 1 unspecified atom stereocenters. The average Bonchev–Trinajstić information content (AvgIpc) is 3.15. The molecule has 1 amide bonds. The molecule has 0 aromatic heterocycles. The Labute approximate surface area is 105 Å². The van der Waals surface area contributed by atoms with Gasteiger partial charge in [-0.05, 0) is 25.8 Å². The van der Waals surface area contributed by atoms with E-state index in [0.29, 0.717) is 5.56 Å². The fraction of sp³-hybridized carbons (Fsp3) is 0.462. The summed E-state index contributed by atoms with van der Waals surface area (Å²) in [5, 5.41) is 2.81. The van der Waals surface area contributed by atoms with Crippen molar-refractivity contribution in [1.29, 1.82) is 0 Å². The van der Waals surface area contributed by atoms with E-state index in [1.54, 1.807) is 19.1 Å². The number of benzene rings is 1. The van der Waals surface area contributed by atoms with Gasteiger partial charge in [0.25, 0.3) is 5.91 Å². The Morgan fingerprint density at radius 1 is 1.61 bits per heavy atom. The SMILES string of the molecule is CC(Oc1c(F)cccc1CN)C(=O)NC1CC1. The third-order valence-corrected chi connectivity index (χ3v) is 2.86. The van der Waals surface area contributed by atoms with E-state index in [9.17, 15) is 9.18 Å². The largest absolute Gasteiger partial charge is 0.477 e. The molecule has 1 saturated carbocycles. The number of para-hydroxylation sites is 1. The summed E-state index contributed by atoms with van der Waals surface area (Å²) >= 11 is 0. The van der Waals surface area contributed by atoms with Crippen LogP contribution in [0.2, 0.25) is 0 Å². The molecule has 0 bridgehead atoms. The Morgan fingerprint density at radius 3 is 2.94 bits per heavy atom. The quantitative estimate of drug-likeness (QED) is 0.831. The van der Waals surface area contributed by atoms with Gasteiger partial charge in [-0.3, -0.25) is 4.79 Å². The van der Waals surface area contributed by atoms with Crippen LogP contribution in [0.5, 0.6) is 5.75 Å². The number of hydrogen-bond acceptors (Lipinski definition) is 3. The highest BCUT2D eigenvalue weighted by Gasteiger charge is 2.27. The number of hydrogen-bond donors (Lipinski definition) is 2. The normalized spacial score (nSPS) is 16.2. The summed E-state index contributed by atoms with van der Waals surface area (Å²) < 4.78 is 19.0. The van der Waals surface area contributed by atoms with Crippen molar-refractivity contribution in [2.24, 2.45) is 5.73 Å². The van der Waals surface area contributed by atoms with Crippen molar-refractivity contribution in [3.05, 3.63) is 29.6 Å². The number of carbonyl (C=O) groups is 1. The molecular formula is C13H17FN2O2. The summed E-state index contributed by atoms with van der Waals surface area (Å²) in [6.45, 7) is 1.77. The zero-order chi connectivity index (χ0) is 13.1. The summed E-state index contributed by atoms with van der Waals surface area (Å²) in [6, 6.07) is 4.81. The van der Waals surface area contributed by atoms with E-state index >= 15 is 0 Å². The standard InChI is InChI=1S/C13H17FN2O2/c1-8(13(17)16-10-5-6-10)18-12-9(7-15)3-2-4-11(12)14/h2-4,8,10H,5-7,15H2,1H3,(H,16,17). The van der Waals surface area contributed by atoms with Gasteiger partial charge in [-0.15, -0.1) is 0 Å². The lowest BCUT2D eigenvalue weighted by Crippen LogP contribution is -2.37. The van der Waals surface area contributed by atoms with E-state index in [1.165, 1.54) is 6.07 Å². The minimum Gasteiger partial charge on any atom is -0.477 e. The van der Waals surface area contributed by atoms with E-state index in [4.69, 9.17) is 10.5 Å². The molecule has 0 aliphatic heterocycles. The van der Waals surface area contributed by atoms with Crippen LogP contribution in [0.25, 0.3) is 0 Å². The van der Waals surface area contributed by atoms with Gasteiger partial charge in [0.1, 0.15) is 0 Å². The number of rotatable bonds is 5. The second kappa shape index (κ2) is 5.35. The topological polar surface area (TPSA) is 64.3 Å². The molecule has 1 atom stereocenters. The number of amides is 1. The van der Waals surface area contributed by atoms with Crippen molar-refractivity contribution in [3.63, 3.8) is 0 Å². The Hall–Kier alpha value is -1.62. The van der Waals surface area contributed by atoms with E-state index in [0.717, 1.165) is 12.8 Å². The molecule has 4 nitrogen and oxygen atoms in total. The van der Waals surface area contributed by atoms with Crippen molar-refractivity contribution >= 4 is 5.91 Å². The van der Waals surface area contributed by atoms with Crippen LogP contribution in [-0.4, -0.2) is 18.1 Å². The second-order valence-electron chi connectivity index (χ2n) is 4.48. The van der Waals surface area contributed by atoms with Crippen molar-refractivity contribution in [2.45, 2.75) is 38.5 Å². The molecule has 3 N–H and O–H groups in total. The van der Waals surface area contributed by atoms with Crippen LogP contribution in [0.15, 0.2) is 18.2 Å². The van der Waals surface area contributed by atoms with Gasteiger partial charge in [-0.25, -0.2) is 4.39 Å². The van der Waals surface area contributed by atoms with Crippen LogP contribution in [0.3, 0.4) is 0 Å². The van der Waals surface area contributed by atoms with Crippen LogP contribution in [0, 0.1) is 5.82 Å². The third kappa shape index (κ3) is 2.98. The van der Waals surface area contributed by atoms with Gasteiger partial charge >= 0.3 is 0 Å². The lowest BCUT2D eigenvalue weighted by molar-refractivity contribution is -0.127. The van der Waals surface area contributed by atoms with Crippen LogP contribution >= 0.6 is 0 Å². The highest BCUT2D eigenvalue weighted by atomic mass is 19.1. The van der Waals surface area contributed by atoms with E-state index in [-0.39, 0.29) is 24.2 Å². The maximum absolute atomic E-state index is 13.6. The van der Waals surface area contributed by atoms with Gasteiger partial charge in [-0.1, -0.05) is 12.1 Å². The highest BCUT2D eigenvalue weighted by Crippen LogP contribution is 2.24. The van der Waals surface area contributed by atoms with E-state index < -0.39 is 11.9 Å². The summed E-state index contributed by atoms with van der Waals surface area (Å²) in [7, 11) is 0. The molecule has 1 aliphatic rings. The van der Waals surface area contributed by atoms with Gasteiger partial charge in [-0.2, -0.15) is 0 Å². The number of nitrogens with one attached hydrogen (secondary N) is 1. The summed E-state index contributed by atoms with van der Waals surface area (Å²) in [5.74, 6) is -0.647. The van der Waals surface area contributed by atoms with Crippen molar-refractivity contribution < 1.29 is 13.9 Å². The zero-order valence-electron chi connectivity index (χ0n) is 10.3. The highest BCUT2D eigenvalue weighted by molar-refractivity contribution is 5.81. The Bertz CT molecular complexity index is 447. The van der Waals surface area contributed by atoms with Gasteiger partial charge in [0.15, 0.2) is 17.7 Å². The number of halogens is 1. The molecule has 5 heteroatoms. The Kier molecular flexibility index (Phi) is 3.81. The summed E-state index contributed by atoms with van der Waals surface area (Å²) in [6.07, 6.45) is 1.28. The predicted molar refractivity (Wildman–Crippen MR) is 65.5 cm³/mol. The number of ether oxygens (including phenoxy) is 1. The average molecular weight is 252 g/mol. The van der Waals surface area contributed by atoms with Gasteiger partial charge in [0.05, 0.1) is 0 Å². The van der Waals surface area contributed by atoms with Crippen LogP contribution in [0.1, 0.15) is 25.3 Å². The maximum Gasteiger partial charge on any atom is 0.260 e. The number of nitrogens with two attached hydrogens (primary N) is 1. The van der Waals surface area contributed by atoms with Gasteiger partial charge in [0, 0.05) is 18.2 Å². The molecular weight excluding hydrogens is 235 g/mol. The first-order chi connectivity index (χ1) is 8.61. The summed E-state index contributed by atoms with van der Waals surface area (Å²) in [4.78, 5) is 11.7. The minimum absolute atomic E-state index is 0.0680. The molecule has 0 saturated heterocycles.